The summed E-state index contributed by atoms with van der Waals surface area (Å²) in [6, 6.07) is 9.97. The van der Waals surface area contributed by atoms with Crippen molar-refractivity contribution in [3.63, 3.8) is 0 Å². The van der Waals surface area contributed by atoms with Crippen LogP contribution in [0.4, 0.5) is 0 Å². The highest BCUT2D eigenvalue weighted by Gasteiger charge is 2.43. The molecule has 1 aliphatic heterocycles. The van der Waals surface area contributed by atoms with E-state index in [0.717, 1.165) is 42.5 Å². The van der Waals surface area contributed by atoms with Gasteiger partial charge in [0.05, 0.1) is 35.1 Å². The summed E-state index contributed by atoms with van der Waals surface area (Å²) in [5, 5.41) is 14.7. The first-order valence-corrected chi connectivity index (χ1v) is 10.1. The number of carbonyl (C=O) groups excluding carboxylic acids is 1. The summed E-state index contributed by atoms with van der Waals surface area (Å²) >= 11 is 1.55. The van der Waals surface area contributed by atoms with Gasteiger partial charge in [0.1, 0.15) is 0 Å². The SMILES string of the molecule is O=C(c1ccsc1)N1C[C@H]2C[C@@H](n3cnc4ccccc43)[C@H](O)C[C@H]2C1. The first-order valence-electron chi connectivity index (χ1n) is 9.12. The molecule has 5 nitrogen and oxygen atoms in total. The maximum Gasteiger partial charge on any atom is 0.254 e. The molecule has 26 heavy (non-hydrogen) atoms. The van der Waals surface area contributed by atoms with Gasteiger partial charge >= 0.3 is 0 Å². The number of likely N-dealkylation sites (tertiary alicyclic amines) is 1. The lowest BCUT2D eigenvalue weighted by molar-refractivity contribution is 0.0374. The van der Waals surface area contributed by atoms with Gasteiger partial charge in [-0.25, -0.2) is 4.98 Å². The molecule has 1 aliphatic carbocycles. The van der Waals surface area contributed by atoms with Gasteiger partial charge in [0.25, 0.3) is 5.91 Å². The molecular weight excluding hydrogens is 346 g/mol. The maximum atomic E-state index is 12.7. The molecule has 0 radical (unpaired) electrons. The number of fused-ring (bicyclic) bond motifs is 2. The molecule has 2 aromatic heterocycles. The lowest BCUT2D eigenvalue weighted by atomic mass is 9.77. The number of para-hydroxylation sites is 2. The highest BCUT2D eigenvalue weighted by molar-refractivity contribution is 7.08. The van der Waals surface area contributed by atoms with Crippen molar-refractivity contribution in [2.24, 2.45) is 11.8 Å². The summed E-state index contributed by atoms with van der Waals surface area (Å²) in [6.07, 6.45) is 3.09. The highest BCUT2D eigenvalue weighted by atomic mass is 32.1. The Hall–Kier alpha value is -2.18. The largest absolute Gasteiger partial charge is 0.391 e. The summed E-state index contributed by atoms with van der Waals surface area (Å²) in [5.74, 6) is 0.950. The number of thiophene rings is 1. The van der Waals surface area contributed by atoms with Crippen molar-refractivity contribution in [1.29, 1.82) is 0 Å². The fourth-order valence-corrected chi connectivity index (χ4v) is 5.31. The van der Waals surface area contributed by atoms with Gasteiger partial charge in [-0.1, -0.05) is 12.1 Å². The second-order valence-electron chi connectivity index (χ2n) is 7.49. The van der Waals surface area contributed by atoms with Crippen molar-refractivity contribution in [3.8, 4) is 0 Å². The van der Waals surface area contributed by atoms with E-state index in [1.54, 1.807) is 11.3 Å². The van der Waals surface area contributed by atoms with Gasteiger partial charge < -0.3 is 14.6 Å². The molecule has 1 aromatic carbocycles. The summed E-state index contributed by atoms with van der Waals surface area (Å²) < 4.78 is 2.12. The average molecular weight is 367 g/mol. The first kappa shape index (κ1) is 16.0. The predicted molar refractivity (Wildman–Crippen MR) is 101 cm³/mol. The van der Waals surface area contributed by atoms with E-state index in [2.05, 4.69) is 15.6 Å². The van der Waals surface area contributed by atoms with Gasteiger partial charge in [-0.15, -0.1) is 0 Å². The van der Waals surface area contributed by atoms with Crippen LogP contribution >= 0.6 is 11.3 Å². The maximum absolute atomic E-state index is 12.7. The third-order valence-corrected chi connectivity index (χ3v) is 6.69. The fraction of sp³-hybridized carbons (Fsp3) is 0.400. The van der Waals surface area contributed by atoms with Crippen molar-refractivity contribution < 1.29 is 9.90 Å². The molecule has 0 bridgehead atoms. The molecule has 2 fully saturated rings. The van der Waals surface area contributed by atoms with Crippen LogP contribution < -0.4 is 0 Å². The molecular formula is C20H21N3O2S. The number of amides is 1. The molecule has 1 saturated carbocycles. The number of rotatable bonds is 2. The van der Waals surface area contributed by atoms with Crippen molar-refractivity contribution in [2.45, 2.75) is 25.0 Å². The zero-order valence-electron chi connectivity index (χ0n) is 14.4. The minimum atomic E-state index is -0.398. The van der Waals surface area contributed by atoms with E-state index in [9.17, 15) is 9.90 Å². The van der Waals surface area contributed by atoms with E-state index in [1.807, 2.05) is 46.3 Å². The summed E-state index contributed by atoms with van der Waals surface area (Å²) in [4.78, 5) is 19.1. The molecule has 1 saturated heterocycles. The van der Waals surface area contributed by atoms with Crippen LogP contribution in [-0.2, 0) is 0 Å². The Morgan fingerprint density at radius 2 is 1.96 bits per heavy atom. The molecule has 5 rings (SSSR count). The van der Waals surface area contributed by atoms with Crippen molar-refractivity contribution in [2.75, 3.05) is 13.1 Å². The molecule has 134 valence electrons. The number of hydrogen-bond acceptors (Lipinski definition) is 4. The third kappa shape index (κ3) is 2.56. The Bertz CT molecular complexity index is 936. The average Bonchev–Trinajstić information content (AvgIpc) is 3.39. The van der Waals surface area contributed by atoms with E-state index in [0.29, 0.717) is 11.8 Å². The molecule has 3 heterocycles. The van der Waals surface area contributed by atoms with Gasteiger partial charge in [0.2, 0.25) is 0 Å². The van der Waals surface area contributed by atoms with Gasteiger partial charge in [-0.05, 0) is 48.3 Å². The Labute approximate surface area is 155 Å². The van der Waals surface area contributed by atoms with Crippen LogP contribution in [0.25, 0.3) is 11.0 Å². The van der Waals surface area contributed by atoms with E-state index >= 15 is 0 Å². The predicted octanol–water partition coefficient (Wildman–Crippen LogP) is 3.18. The number of hydrogen-bond donors (Lipinski definition) is 1. The minimum absolute atomic E-state index is 0.0276. The molecule has 3 aromatic rings. The summed E-state index contributed by atoms with van der Waals surface area (Å²) in [5.41, 5.74) is 2.81. The van der Waals surface area contributed by atoms with E-state index < -0.39 is 6.10 Å². The third-order valence-electron chi connectivity index (χ3n) is 6.00. The van der Waals surface area contributed by atoms with Crippen LogP contribution in [0.15, 0.2) is 47.4 Å². The summed E-state index contributed by atoms with van der Waals surface area (Å²) in [6.45, 7) is 1.54. The summed E-state index contributed by atoms with van der Waals surface area (Å²) in [7, 11) is 0. The number of aromatic nitrogens is 2. The van der Waals surface area contributed by atoms with Crippen molar-refractivity contribution in [3.05, 3.63) is 53.0 Å². The van der Waals surface area contributed by atoms with Gasteiger partial charge in [-0.3, -0.25) is 4.79 Å². The lowest BCUT2D eigenvalue weighted by Crippen LogP contribution is -2.36. The van der Waals surface area contributed by atoms with Crippen LogP contribution in [0.2, 0.25) is 0 Å². The van der Waals surface area contributed by atoms with Crippen molar-refractivity contribution >= 4 is 28.3 Å². The van der Waals surface area contributed by atoms with Gasteiger partial charge in [0, 0.05) is 18.5 Å². The number of nitrogens with zero attached hydrogens (tertiary/aromatic N) is 3. The number of aliphatic hydroxyl groups excluding tert-OH is 1. The zero-order valence-corrected chi connectivity index (χ0v) is 15.2. The zero-order chi connectivity index (χ0) is 17.7. The lowest BCUT2D eigenvalue weighted by Gasteiger charge is -2.36. The second-order valence-corrected chi connectivity index (χ2v) is 8.27. The van der Waals surface area contributed by atoms with Crippen LogP contribution in [0.5, 0.6) is 0 Å². The number of benzene rings is 1. The molecule has 0 unspecified atom stereocenters. The standard InChI is InChI=1S/C20H21N3O2S/c24-19-8-15-10-22(20(25)13-5-6-26-11-13)9-14(15)7-18(19)23-12-21-16-3-1-2-4-17(16)23/h1-6,11-12,14-15,18-19,24H,7-10H2/t14-,15+,18-,19-/m1/s1. The molecule has 2 aliphatic rings. The number of imidazole rings is 1. The van der Waals surface area contributed by atoms with E-state index in [1.165, 1.54) is 0 Å². The topological polar surface area (TPSA) is 58.4 Å². The van der Waals surface area contributed by atoms with Gasteiger partial charge in [-0.2, -0.15) is 11.3 Å². The molecule has 4 atom stereocenters. The molecule has 0 spiro atoms. The Morgan fingerprint density at radius 1 is 1.15 bits per heavy atom. The molecule has 6 heteroatoms. The number of aliphatic hydroxyl groups is 1. The van der Waals surface area contributed by atoms with Crippen LogP contribution in [0.1, 0.15) is 29.2 Å². The minimum Gasteiger partial charge on any atom is -0.391 e. The normalized spacial score (nSPS) is 28.4. The Kier molecular flexibility index (Phi) is 3.83. The molecule has 1 amide bonds. The van der Waals surface area contributed by atoms with Crippen LogP contribution in [0.3, 0.4) is 0 Å². The highest BCUT2D eigenvalue weighted by Crippen LogP contribution is 2.42. The fourth-order valence-electron chi connectivity index (χ4n) is 4.68. The number of carbonyl (C=O) groups is 1. The second kappa shape index (κ2) is 6.21. The Balaban J connectivity index is 1.38. The van der Waals surface area contributed by atoms with Crippen LogP contribution in [0, 0.1) is 11.8 Å². The Morgan fingerprint density at radius 3 is 2.77 bits per heavy atom. The van der Waals surface area contributed by atoms with E-state index in [4.69, 9.17) is 0 Å². The van der Waals surface area contributed by atoms with Crippen molar-refractivity contribution in [1.82, 2.24) is 14.5 Å². The van der Waals surface area contributed by atoms with E-state index in [-0.39, 0.29) is 11.9 Å². The molecule has 1 N–H and O–H groups in total. The smallest absolute Gasteiger partial charge is 0.254 e. The monoisotopic (exact) mass is 367 g/mol. The quantitative estimate of drug-likeness (QED) is 0.757. The first-order chi connectivity index (χ1) is 12.7. The van der Waals surface area contributed by atoms with Crippen LogP contribution in [-0.4, -0.2) is 44.7 Å². The van der Waals surface area contributed by atoms with Gasteiger partial charge in [0.15, 0.2) is 0 Å².